The summed E-state index contributed by atoms with van der Waals surface area (Å²) in [4.78, 5) is 18.3. The van der Waals surface area contributed by atoms with Crippen LogP contribution in [-0.4, -0.2) is 29.2 Å². The van der Waals surface area contributed by atoms with Gasteiger partial charge in [-0.25, -0.2) is 4.39 Å². The minimum absolute atomic E-state index is 0.112. The van der Waals surface area contributed by atoms with Crippen molar-refractivity contribution in [2.45, 2.75) is 26.8 Å². The summed E-state index contributed by atoms with van der Waals surface area (Å²) in [5.74, 6) is -0.324. The molecule has 0 saturated carbocycles. The number of allylic oxidation sites excluding steroid dienone is 5. The molecular weight excluding hydrogens is 255 g/mol. The van der Waals surface area contributed by atoms with Crippen molar-refractivity contribution >= 4 is 11.7 Å². The summed E-state index contributed by atoms with van der Waals surface area (Å²) in [6, 6.07) is -0.228. The van der Waals surface area contributed by atoms with Crippen LogP contribution in [0.3, 0.4) is 0 Å². The Kier molecular flexibility index (Phi) is 6.10. The summed E-state index contributed by atoms with van der Waals surface area (Å²) in [6.45, 7) is 8.96. The van der Waals surface area contributed by atoms with E-state index < -0.39 is 5.92 Å². The molecule has 1 heterocycles. The van der Waals surface area contributed by atoms with E-state index >= 15 is 0 Å². The van der Waals surface area contributed by atoms with Crippen LogP contribution in [0, 0.1) is 5.92 Å². The fourth-order valence-electron chi connectivity index (χ4n) is 2.06. The monoisotopic (exact) mass is 276 g/mol. The second kappa shape index (κ2) is 7.58. The van der Waals surface area contributed by atoms with E-state index in [0.717, 1.165) is 0 Å². The first kappa shape index (κ1) is 16.1. The fourth-order valence-corrected chi connectivity index (χ4v) is 2.06. The zero-order valence-corrected chi connectivity index (χ0v) is 12.2. The molecule has 4 heteroatoms. The molecule has 2 unspecified atom stereocenters. The molecular formula is C16H21FN2O. The van der Waals surface area contributed by atoms with Crippen LogP contribution in [0.2, 0.25) is 0 Å². The van der Waals surface area contributed by atoms with E-state index in [-0.39, 0.29) is 17.8 Å². The van der Waals surface area contributed by atoms with Crippen LogP contribution < -0.4 is 0 Å². The summed E-state index contributed by atoms with van der Waals surface area (Å²) in [6.07, 6.45) is 10.4. The SMILES string of the molecule is C=C/C=C\C=C/CN1C(=O)C(/C=C(\C)F)C(C)N=C1C. The predicted octanol–water partition coefficient (Wildman–Crippen LogP) is 3.42. The van der Waals surface area contributed by atoms with Crippen molar-refractivity contribution in [2.75, 3.05) is 6.54 Å². The molecule has 0 spiro atoms. The van der Waals surface area contributed by atoms with Gasteiger partial charge in [0, 0.05) is 6.54 Å². The van der Waals surface area contributed by atoms with Crippen LogP contribution in [0.1, 0.15) is 20.8 Å². The average molecular weight is 276 g/mol. The Balaban J connectivity index is 2.85. The molecule has 0 radical (unpaired) electrons. The van der Waals surface area contributed by atoms with Gasteiger partial charge in [-0.2, -0.15) is 0 Å². The molecule has 2 atom stereocenters. The van der Waals surface area contributed by atoms with Gasteiger partial charge in [0.05, 0.1) is 17.8 Å². The van der Waals surface area contributed by atoms with Crippen LogP contribution in [0.4, 0.5) is 4.39 Å². The number of halogens is 1. The molecule has 3 nitrogen and oxygen atoms in total. The molecule has 0 saturated heterocycles. The van der Waals surface area contributed by atoms with Gasteiger partial charge in [-0.3, -0.25) is 14.7 Å². The first-order valence-electron chi connectivity index (χ1n) is 6.61. The molecule has 0 bridgehead atoms. The van der Waals surface area contributed by atoms with E-state index in [2.05, 4.69) is 11.6 Å². The zero-order chi connectivity index (χ0) is 15.1. The van der Waals surface area contributed by atoms with Gasteiger partial charge in [0.1, 0.15) is 5.84 Å². The van der Waals surface area contributed by atoms with Crippen molar-refractivity contribution in [1.82, 2.24) is 4.90 Å². The number of hydrogen-bond donors (Lipinski definition) is 0. The molecule has 108 valence electrons. The summed E-state index contributed by atoms with van der Waals surface area (Å²) in [5.41, 5.74) is 0. The highest BCUT2D eigenvalue weighted by Crippen LogP contribution is 2.21. The fraction of sp³-hybridized carbons (Fsp3) is 0.375. The quantitative estimate of drug-likeness (QED) is 0.708. The second-order valence-electron chi connectivity index (χ2n) is 4.69. The summed E-state index contributed by atoms with van der Waals surface area (Å²) in [7, 11) is 0. The zero-order valence-electron chi connectivity index (χ0n) is 12.2. The Morgan fingerprint density at radius 3 is 2.75 bits per heavy atom. The van der Waals surface area contributed by atoms with E-state index in [0.29, 0.717) is 12.4 Å². The maximum Gasteiger partial charge on any atom is 0.237 e. The van der Waals surface area contributed by atoms with Crippen molar-refractivity contribution in [2.24, 2.45) is 10.9 Å². The molecule has 1 rings (SSSR count). The van der Waals surface area contributed by atoms with Gasteiger partial charge in [0.2, 0.25) is 5.91 Å². The highest BCUT2D eigenvalue weighted by molar-refractivity contribution is 6.01. The predicted molar refractivity (Wildman–Crippen MR) is 81.1 cm³/mol. The van der Waals surface area contributed by atoms with Crippen molar-refractivity contribution in [3.63, 3.8) is 0 Å². The van der Waals surface area contributed by atoms with Gasteiger partial charge >= 0.3 is 0 Å². The minimum atomic E-state index is -0.527. The topological polar surface area (TPSA) is 32.7 Å². The van der Waals surface area contributed by atoms with Crippen molar-refractivity contribution < 1.29 is 9.18 Å². The van der Waals surface area contributed by atoms with Gasteiger partial charge in [0.15, 0.2) is 0 Å². The first-order valence-corrected chi connectivity index (χ1v) is 6.61. The smallest absolute Gasteiger partial charge is 0.237 e. The van der Waals surface area contributed by atoms with Crippen molar-refractivity contribution in [1.29, 1.82) is 0 Å². The molecule has 1 aliphatic heterocycles. The van der Waals surface area contributed by atoms with Crippen LogP contribution >= 0.6 is 0 Å². The van der Waals surface area contributed by atoms with Gasteiger partial charge in [-0.15, -0.1) is 0 Å². The number of rotatable bonds is 5. The van der Waals surface area contributed by atoms with Crippen LogP contribution in [0.5, 0.6) is 0 Å². The molecule has 1 amide bonds. The molecule has 20 heavy (non-hydrogen) atoms. The van der Waals surface area contributed by atoms with Gasteiger partial charge < -0.3 is 0 Å². The number of aliphatic imine (C=N–C) groups is 1. The summed E-state index contributed by atoms with van der Waals surface area (Å²) < 4.78 is 13.1. The third-order valence-electron chi connectivity index (χ3n) is 3.04. The normalized spacial score (nSPS) is 24.6. The Labute approximate surface area is 119 Å². The van der Waals surface area contributed by atoms with Gasteiger partial charge in [0.25, 0.3) is 0 Å². The molecule has 1 aliphatic rings. The van der Waals surface area contributed by atoms with E-state index in [1.54, 1.807) is 24.0 Å². The van der Waals surface area contributed by atoms with Crippen LogP contribution in [-0.2, 0) is 4.79 Å². The lowest BCUT2D eigenvalue weighted by molar-refractivity contribution is -0.130. The highest BCUT2D eigenvalue weighted by Gasteiger charge is 2.32. The van der Waals surface area contributed by atoms with Crippen LogP contribution in [0.25, 0.3) is 0 Å². The number of nitrogens with zero attached hydrogens (tertiary/aromatic N) is 2. The van der Waals surface area contributed by atoms with Crippen molar-refractivity contribution in [3.05, 3.63) is 48.9 Å². The van der Waals surface area contributed by atoms with Crippen molar-refractivity contribution in [3.8, 4) is 0 Å². The molecule has 0 N–H and O–H groups in total. The first-order chi connectivity index (χ1) is 9.47. The number of amidine groups is 1. The summed E-state index contributed by atoms with van der Waals surface area (Å²) >= 11 is 0. The number of carbonyl (C=O) groups excluding carboxylic acids is 1. The second-order valence-corrected chi connectivity index (χ2v) is 4.69. The Morgan fingerprint density at radius 2 is 2.15 bits per heavy atom. The number of carbonyl (C=O) groups is 1. The molecule has 0 aromatic carbocycles. The maximum absolute atomic E-state index is 13.1. The third kappa shape index (κ3) is 4.30. The lowest BCUT2D eigenvalue weighted by Crippen LogP contribution is -2.46. The number of hydrogen-bond acceptors (Lipinski definition) is 2. The molecule has 0 aromatic rings. The van der Waals surface area contributed by atoms with Gasteiger partial charge in [-0.05, 0) is 26.8 Å². The lowest BCUT2D eigenvalue weighted by atomic mass is 9.97. The molecule has 0 aliphatic carbocycles. The van der Waals surface area contributed by atoms with Crippen LogP contribution in [0.15, 0.2) is 53.9 Å². The lowest BCUT2D eigenvalue weighted by Gasteiger charge is -2.32. The Morgan fingerprint density at radius 1 is 1.45 bits per heavy atom. The summed E-state index contributed by atoms with van der Waals surface area (Å²) in [5, 5.41) is 0. The van der Waals surface area contributed by atoms with E-state index in [1.165, 1.54) is 13.0 Å². The largest absolute Gasteiger partial charge is 0.296 e. The minimum Gasteiger partial charge on any atom is -0.296 e. The maximum atomic E-state index is 13.1. The van der Waals surface area contributed by atoms with E-state index in [9.17, 15) is 9.18 Å². The number of amides is 1. The molecule has 0 fully saturated rings. The standard InChI is InChI=1S/C16H21FN2O/c1-5-6-7-8-9-10-19-14(4)18-13(3)15(16(19)20)11-12(2)17/h5-9,11,13,15H,1,10H2,2-4H3/b7-6-,9-8-,12-11+. The Hall–Kier alpha value is -1.97. The third-order valence-corrected chi connectivity index (χ3v) is 3.04. The van der Waals surface area contributed by atoms with E-state index in [1.807, 2.05) is 25.2 Å². The molecule has 0 aromatic heterocycles. The van der Waals surface area contributed by atoms with Gasteiger partial charge in [-0.1, -0.05) is 37.0 Å². The Bertz CT molecular complexity index is 485. The van der Waals surface area contributed by atoms with E-state index in [4.69, 9.17) is 0 Å². The highest BCUT2D eigenvalue weighted by atomic mass is 19.1. The average Bonchev–Trinajstić information content (AvgIpc) is 2.37.